The van der Waals surface area contributed by atoms with Gasteiger partial charge in [0.1, 0.15) is 6.04 Å². The fourth-order valence-corrected chi connectivity index (χ4v) is 2.73. The monoisotopic (exact) mass is 256 g/mol. The maximum Gasteiger partial charge on any atom is 0.239 e. The van der Waals surface area contributed by atoms with Crippen molar-refractivity contribution < 1.29 is 14.3 Å². The van der Waals surface area contributed by atoms with Crippen molar-refractivity contribution in [2.75, 3.05) is 26.9 Å². The van der Waals surface area contributed by atoms with Crippen molar-refractivity contribution >= 4 is 5.91 Å². The van der Waals surface area contributed by atoms with Gasteiger partial charge in [-0.2, -0.15) is 0 Å². The molecule has 0 aromatic carbocycles. The average Bonchev–Trinajstić information content (AvgIpc) is 2.38. The Bertz CT molecular complexity index is 326. The number of carbonyl (C=O) groups is 1. The van der Waals surface area contributed by atoms with Crippen molar-refractivity contribution in [3.63, 3.8) is 0 Å². The average molecular weight is 256 g/mol. The first-order valence-corrected chi connectivity index (χ1v) is 6.57. The number of methoxy groups -OCH3 is 1. The highest BCUT2D eigenvalue weighted by molar-refractivity contribution is 5.82. The number of ether oxygens (including phenoxy) is 2. The van der Waals surface area contributed by atoms with Crippen molar-refractivity contribution in [1.82, 2.24) is 10.6 Å². The van der Waals surface area contributed by atoms with E-state index < -0.39 is 0 Å². The molecule has 0 aromatic rings. The van der Waals surface area contributed by atoms with Crippen molar-refractivity contribution in [3.8, 4) is 0 Å². The fraction of sp³-hybridized carbons (Fsp3) is 0.923. The molecule has 2 rings (SSSR count). The summed E-state index contributed by atoms with van der Waals surface area (Å²) in [6.07, 6.45) is 0.857. The molecule has 104 valence electrons. The molecule has 5 nitrogen and oxygen atoms in total. The van der Waals surface area contributed by atoms with Crippen LogP contribution in [0.15, 0.2) is 0 Å². The Morgan fingerprint density at radius 3 is 2.67 bits per heavy atom. The number of nitrogens with one attached hydrogen (secondary N) is 2. The second kappa shape index (κ2) is 4.79. The number of rotatable bonds is 3. The van der Waals surface area contributed by atoms with Gasteiger partial charge in [0.2, 0.25) is 5.91 Å². The number of morpholine rings is 1. The highest BCUT2D eigenvalue weighted by Gasteiger charge is 2.58. The third kappa shape index (κ3) is 2.15. The Labute approximate surface area is 109 Å². The van der Waals surface area contributed by atoms with Gasteiger partial charge < -0.3 is 20.1 Å². The minimum atomic E-state index is -0.219. The standard InChI is InChI=1S/C13H24N2O3/c1-12(2)10(7-13(12,3)17-4)15-11(16)9-8-18-6-5-14-9/h9-10,14H,5-8H2,1-4H3,(H,15,16)/t9-,10+,13+/m0/s1. The summed E-state index contributed by atoms with van der Waals surface area (Å²) in [6, 6.07) is -0.0531. The summed E-state index contributed by atoms with van der Waals surface area (Å²) in [6.45, 7) is 8.24. The highest BCUT2D eigenvalue weighted by Crippen LogP contribution is 2.51. The van der Waals surface area contributed by atoms with Crippen LogP contribution >= 0.6 is 0 Å². The number of carbonyl (C=O) groups excluding carboxylic acids is 1. The van der Waals surface area contributed by atoms with Crippen LogP contribution in [0.25, 0.3) is 0 Å². The molecule has 1 amide bonds. The van der Waals surface area contributed by atoms with Crippen molar-refractivity contribution in [3.05, 3.63) is 0 Å². The van der Waals surface area contributed by atoms with Gasteiger partial charge in [-0.1, -0.05) is 13.8 Å². The van der Waals surface area contributed by atoms with E-state index in [1.165, 1.54) is 0 Å². The van der Waals surface area contributed by atoms with Crippen molar-refractivity contribution in [1.29, 1.82) is 0 Å². The zero-order valence-electron chi connectivity index (χ0n) is 11.7. The van der Waals surface area contributed by atoms with E-state index in [9.17, 15) is 4.79 Å². The zero-order chi connectivity index (χ0) is 13.4. The van der Waals surface area contributed by atoms with Crippen LogP contribution in [0.3, 0.4) is 0 Å². The first kappa shape index (κ1) is 13.8. The molecule has 1 aliphatic carbocycles. The molecule has 1 heterocycles. The Morgan fingerprint density at radius 1 is 1.44 bits per heavy atom. The van der Waals surface area contributed by atoms with E-state index in [1.54, 1.807) is 7.11 Å². The van der Waals surface area contributed by atoms with E-state index in [4.69, 9.17) is 9.47 Å². The predicted octanol–water partition coefficient (Wildman–Crippen LogP) is 0.295. The molecule has 0 aromatic heterocycles. The lowest BCUT2D eigenvalue weighted by Crippen LogP contribution is -2.70. The number of hydrogen-bond acceptors (Lipinski definition) is 4. The zero-order valence-corrected chi connectivity index (χ0v) is 11.7. The van der Waals surface area contributed by atoms with Gasteiger partial charge in [-0.3, -0.25) is 4.79 Å². The molecule has 2 fully saturated rings. The second-order valence-corrected chi connectivity index (χ2v) is 6.00. The Hall–Kier alpha value is -0.650. The van der Waals surface area contributed by atoms with Gasteiger partial charge in [-0.25, -0.2) is 0 Å². The van der Waals surface area contributed by atoms with Crippen LogP contribution in [0, 0.1) is 5.41 Å². The maximum atomic E-state index is 12.1. The molecular weight excluding hydrogens is 232 g/mol. The first-order valence-electron chi connectivity index (χ1n) is 6.57. The molecule has 3 atom stereocenters. The summed E-state index contributed by atoms with van der Waals surface area (Å²) in [5.74, 6) is 0.0333. The molecule has 1 aliphatic heterocycles. The van der Waals surface area contributed by atoms with E-state index in [0.29, 0.717) is 13.2 Å². The van der Waals surface area contributed by atoms with E-state index in [1.807, 2.05) is 0 Å². The van der Waals surface area contributed by atoms with Crippen LogP contribution in [0.1, 0.15) is 27.2 Å². The fourth-order valence-electron chi connectivity index (χ4n) is 2.73. The summed E-state index contributed by atoms with van der Waals surface area (Å²) >= 11 is 0. The molecule has 1 saturated carbocycles. The van der Waals surface area contributed by atoms with E-state index in [2.05, 4.69) is 31.4 Å². The lowest BCUT2D eigenvalue weighted by atomic mass is 9.56. The molecule has 0 unspecified atom stereocenters. The van der Waals surface area contributed by atoms with Gasteiger partial charge in [0, 0.05) is 25.1 Å². The number of hydrogen-bond donors (Lipinski definition) is 2. The minimum absolute atomic E-state index is 0.0333. The van der Waals surface area contributed by atoms with Crippen molar-refractivity contribution in [2.45, 2.75) is 44.9 Å². The molecule has 0 radical (unpaired) electrons. The van der Waals surface area contributed by atoms with Crippen LogP contribution in [-0.4, -0.2) is 50.5 Å². The minimum Gasteiger partial charge on any atom is -0.378 e. The Balaban J connectivity index is 1.89. The molecule has 18 heavy (non-hydrogen) atoms. The molecule has 0 bridgehead atoms. The second-order valence-electron chi connectivity index (χ2n) is 6.00. The van der Waals surface area contributed by atoms with Crippen LogP contribution in [-0.2, 0) is 14.3 Å². The SMILES string of the molecule is CO[C@]1(C)C[C@@H](NC(=O)[C@@H]2COCCN2)C1(C)C. The molecule has 5 heteroatoms. The summed E-state index contributed by atoms with van der Waals surface area (Å²) in [5, 5.41) is 6.27. The van der Waals surface area contributed by atoms with Gasteiger partial charge in [-0.05, 0) is 13.3 Å². The van der Waals surface area contributed by atoms with E-state index in [0.717, 1.165) is 13.0 Å². The first-order chi connectivity index (χ1) is 8.40. The Morgan fingerprint density at radius 2 is 2.17 bits per heavy atom. The van der Waals surface area contributed by atoms with Gasteiger partial charge in [0.25, 0.3) is 0 Å². The van der Waals surface area contributed by atoms with Crippen LogP contribution < -0.4 is 10.6 Å². The molecule has 1 saturated heterocycles. The third-order valence-electron chi connectivity index (χ3n) is 4.83. The summed E-state index contributed by atoms with van der Waals surface area (Å²) in [5.41, 5.74) is -0.200. The topological polar surface area (TPSA) is 59.6 Å². The largest absolute Gasteiger partial charge is 0.378 e. The Kier molecular flexibility index (Phi) is 3.67. The predicted molar refractivity (Wildman–Crippen MR) is 68.4 cm³/mol. The third-order valence-corrected chi connectivity index (χ3v) is 4.83. The normalized spacial score (nSPS) is 38.9. The smallest absolute Gasteiger partial charge is 0.239 e. The lowest BCUT2D eigenvalue weighted by molar-refractivity contribution is -0.183. The van der Waals surface area contributed by atoms with Crippen molar-refractivity contribution in [2.24, 2.45) is 5.41 Å². The quantitative estimate of drug-likeness (QED) is 0.762. The lowest BCUT2D eigenvalue weighted by Gasteiger charge is -2.59. The maximum absolute atomic E-state index is 12.1. The van der Waals surface area contributed by atoms with Crippen LogP contribution in [0.4, 0.5) is 0 Å². The molecular formula is C13H24N2O3. The summed E-state index contributed by atoms with van der Waals surface area (Å²) < 4.78 is 10.9. The molecule has 2 aliphatic rings. The van der Waals surface area contributed by atoms with Crippen LogP contribution in [0.2, 0.25) is 0 Å². The molecule has 2 N–H and O–H groups in total. The van der Waals surface area contributed by atoms with E-state index >= 15 is 0 Å². The van der Waals surface area contributed by atoms with Gasteiger partial charge in [0.15, 0.2) is 0 Å². The van der Waals surface area contributed by atoms with Gasteiger partial charge in [-0.15, -0.1) is 0 Å². The highest BCUT2D eigenvalue weighted by atomic mass is 16.5. The van der Waals surface area contributed by atoms with Gasteiger partial charge in [0.05, 0.1) is 18.8 Å². The van der Waals surface area contributed by atoms with Gasteiger partial charge >= 0.3 is 0 Å². The number of amides is 1. The summed E-state index contributed by atoms with van der Waals surface area (Å²) in [4.78, 5) is 12.1. The summed E-state index contributed by atoms with van der Waals surface area (Å²) in [7, 11) is 1.73. The molecule has 0 spiro atoms. The van der Waals surface area contributed by atoms with E-state index in [-0.39, 0.29) is 29.0 Å². The van der Waals surface area contributed by atoms with Crippen LogP contribution in [0.5, 0.6) is 0 Å².